The van der Waals surface area contributed by atoms with Crippen molar-refractivity contribution in [2.75, 3.05) is 46.4 Å². The molecule has 1 aromatic carbocycles. The molecule has 75 heavy (non-hydrogen) atoms. The van der Waals surface area contributed by atoms with E-state index < -0.39 is 96.5 Å². The summed E-state index contributed by atoms with van der Waals surface area (Å²) < 4.78 is 87.3. The zero-order chi connectivity index (χ0) is 53.6. The standard InChI is InChI=1S/C53H64F5N9O7.H2S/c1-9-43(68)65-18-19-73-42-26-64(25-41(42)65)51(72)63(8)45(30(4)5)48(69)61-39-23-33-20-32(47(54)55)22-38(60-33)31-14-15-40-35(21-31)36(24-52(6,7)28-74-50(71)37-13-11-17-67(62-37)49(39)70)46(66(40)27-53(56,57)58)34-12-10-16-59-44(34)29(2)3;/h9-10,12,14-16,20-22,29-30,37,39,41-42,45,47,62H,1,11,13,17-19,23-28H2,2-8H3,(H,61,69);1H2/t37-,39-,41+,42-,45-;/m0./s1. The molecule has 2 N–H and O–H groups in total. The number of ether oxygens (including phenoxy) is 2. The van der Waals surface area contributed by atoms with E-state index >= 15 is 8.78 Å². The molecule has 4 aliphatic heterocycles. The zero-order valence-electron chi connectivity index (χ0n) is 43.2. The third-order valence-corrected chi connectivity index (χ3v) is 14.3. The fourth-order valence-corrected chi connectivity index (χ4v) is 10.9. The maximum absolute atomic E-state index is 15.0. The number of cyclic esters (lactones) is 1. The van der Waals surface area contributed by atoms with E-state index in [0.717, 1.165) is 6.07 Å². The number of esters is 1. The Bertz CT molecular complexity index is 2820. The van der Waals surface area contributed by atoms with Crippen molar-refractivity contribution in [2.45, 2.75) is 123 Å². The largest absolute Gasteiger partial charge is 0.464 e. The minimum Gasteiger partial charge on any atom is -0.464 e. The van der Waals surface area contributed by atoms with Gasteiger partial charge in [0.1, 0.15) is 24.7 Å². The Morgan fingerprint density at radius 1 is 1.05 bits per heavy atom. The number of likely N-dealkylation sites (N-methyl/N-ethyl adjacent to an activating group) is 1. The molecule has 5 amide bonds. The van der Waals surface area contributed by atoms with Gasteiger partial charge in [0.05, 0.1) is 49.0 Å². The van der Waals surface area contributed by atoms with Crippen LogP contribution in [0, 0.1) is 11.3 Å². The van der Waals surface area contributed by atoms with Crippen molar-refractivity contribution in [3.05, 3.63) is 83.8 Å². The Hall–Kier alpha value is -6.13. The second kappa shape index (κ2) is 22.6. The number of carbonyl (C=O) groups is 5. The quantitative estimate of drug-likeness (QED) is 0.0984. The number of nitrogens with zero attached hydrogens (tertiary/aromatic N) is 7. The van der Waals surface area contributed by atoms with Gasteiger partial charge in [-0.2, -0.15) is 26.7 Å². The number of likely N-dealkylation sites (tertiary alicyclic amines) is 1. The first-order valence-electron chi connectivity index (χ1n) is 25.0. The van der Waals surface area contributed by atoms with Gasteiger partial charge in [0, 0.05) is 78.0 Å². The topological polar surface area (TPSA) is 172 Å². The van der Waals surface area contributed by atoms with E-state index in [1.807, 2.05) is 27.7 Å². The predicted molar refractivity (Wildman–Crippen MR) is 275 cm³/mol. The number of amides is 5. The van der Waals surface area contributed by atoms with Crippen LogP contribution in [-0.2, 0) is 48.0 Å². The first-order chi connectivity index (χ1) is 34.9. The molecule has 22 heteroatoms. The number of hydrazine groups is 1. The van der Waals surface area contributed by atoms with E-state index in [4.69, 9.17) is 14.5 Å². The van der Waals surface area contributed by atoms with Crippen molar-refractivity contribution in [3.63, 3.8) is 0 Å². The molecule has 0 unspecified atom stereocenters. The molecule has 4 aliphatic rings. The highest BCUT2D eigenvalue weighted by molar-refractivity contribution is 7.59. The maximum Gasteiger partial charge on any atom is 0.406 e. The molecule has 3 saturated heterocycles. The first kappa shape index (κ1) is 56.6. The van der Waals surface area contributed by atoms with Crippen LogP contribution in [0.1, 0.15) is 89.2 Å². The van der Waals surface area contributed by atoms with Crippen molar-refractivity contribution < 1.29 is 55.4 Å². The lowest BCUT2D eigenvalue weighted by molar-refractivity contribution is -0.155. The van der Waals surface area contributed by atoms with Crippen LogP contribution in [-0.4, -0.2) is 147 Å². The summed E-state index contributed by atoms with van der Waals surface area (Å²) in [5.41, 5.74) is 3.92. The fraction of sp³-hybridized carbons (Fsp3) is 0.528. The van der Waals surface area contributed by atoms with Gasteiger partial charge < -0.3 is 34.1 Å². The fourth-order valence-electron chi connectivity index (χ4n) is 10.9. The molecule has 406 valence electrons. The van der Waals surface area contributed by atoms with Crippen molar-refractivity contribution in [2.24, 2.45) is 11.3 Å². The van der Waals surface area contributed by atoms with E-state index in [1.54, 1.807) is 43.1 Å². The molecule has 3 aromatic heterocycles. The Kier molecular flexibility index (Phi) is 17.1. The monoisotopic (exact) mass is 1070 g/mol. The van der Waals surface area contributed by atoms with Gasteiger partial charge in [-0.3, -0.25) is 34.2 Å². The second-order valence-corrected chi connectivity index (χ2v) is 21.2. The third-order valence-electron chi connectivity index (χ3n) is 14.3. The number of benzene rings is 1. The molecule has 8 rings (SSSR count). The lowest BCUT2D eigenvalue weighted by Crippen LogP contribution is -2.62. The molecule has 4 aromatic rings. The highest BCUT2D eigenvalue weighted by Gasteiger charge is 2.46. The minimum absolute atomic E-state index is 0. The van der Waals surface area contributed by atoms with Gasteiger partial charge in [-0.15, -0.1) is 0 Å². The number of fused-ring (bicyclic) bond motifs is 7. The van der Waals surface area contributed by atoms with Crippen molar-refractivity contribution in [1.82, 2.24) is 45.0 Å². The molecule has 7 heterocycles. The van der Waals surface area contributed by atoms with Crippen LogP contribution in [0.5, 0.6) is 0 Å². The molecule has 0 saturated carbocycles. The van der Waals surface area contributed by atoms with Gasteiger partial charge in [-0.05, 0) is 79.1 Å². The number of morpholine rings is 1. The minimum atomic E-state index is -4.67. The Morgan fingerprint density at radius 2 is 1.80 bits per heavy atom. The summed E-state index contributed by atoms with van der Waals surface area (Å²) >= 11 is 0. The van der Waals surface area contributed by atoms with Gasteiger partial charge in [0.15, 0.2) is 0 Å². The van der Waals surface area contributed by atoms with E-state index in [9.17, 15) is 37.1 Å². The van der Waals surface area contributed by atoms with Gasteiger partial charge in [-0.1, -0.05) is 54.2 Å². The number of alkyl halides is 5. The highest BCUT2D eigenvalue weighted by atomic mass is 32.1. The first-order valence-corrected chi connectivity index (χ1v) is 25.0. The van der Waals surface area contributed by atoms with E-state index in [0.29, 0.717) is 35.2 Å². The number of hydrogen-bond donors (Lipinski definition) is 2. The lowest BCUT2D eigenvalue weighted by Gasteiger charge is -2.37. The molecule has 3 fully saturated rings. The van der Waals surface area contributed by atoms with Gasteiger partial charge >= 0.3 is 18.2 Å². The molecule has 0 radical (unpaired) electrons. The Balaban J connectivity index is 0.00000820. The number of hydrogen-bond acceptors (Lipinski definition) is 10. The SMILES string of the molecule is C=CC(=O)N1CCO[C@H]2CN(C(=O)N(C)[C@H](C(=O)N[C@H]3Cc4cc(C(F)F)cc(n4)-c4ccc5c(c4)c(c(-c4cccnc4C(C)C)n5CC(F)(F)F)CC(C)(C)COC(=O)[C@@H]4CCCN(N4)C3=O)C(C)C)C[C@H]21.S. The van der Waals surface area contributed by atoms with Crippen LogP contribution in [0.3, 0.4) is 0 Å². The average Bonchev–Trinajstić information content (AvgIpc) is 3.92. The summed E-state index contributed by atoms with van der Waals surface area (Å²) in [4.78, 5) is 84.2. The molecule has 0 spiro atoms. The van der Waals surface area contributed by atoms with E-state index in [2.05, 4.69) is 22.3 Å². The normalized spacial score (nSPS) is 21.6. The van der Waals surface area contributed by atoms with Crippen LogP contribution in [0.4, 0.5) is 26.7 Å². The molecule has 5 atom stereocenters. The van der Waals surface area contributed by atoms with Crippen LogP contribution in [0.25, 0.3) is 33.4 Å². The lowest BCUT2D eigenvalue weighted by atomic mass is 9.84. The molecule has 0 aliphatic carbocycles. The second-order valence-electron chi connectivity index (χ2n) is 21.2. The molecular formula is C53H66F5N9O7S. The van der Waals surface area contributed by atoms with Gasteiger partial charge in [0.2, 0.25) is 11.8 Å². The van der Waals surface area contributed by atoms with Gasteiger partial charge in [0.25, 0.3) is 12.3 Å². The third kappa shape index (κ3) is 12.1. The number of nitrogens with one attached hydrogen (secondary N) is 2. The summed E-state index contributed by atoms with van der Waals surface area (Å²) in [6.45, 7) is 13.9. The van der Waals surface area contributed by atoms with Crippen LogP contribution in [0.15, 0.2) is 61.3 Å². The number of pyridine rings is 2. The summed E-state index contributed by atoms with van der Waals surface area (Å²) in [6.07, 6.45) is -5.09. The van der Waals surface area contributed by atoms with Crippen molar-refractivity contribution in [1.29, 1.82) is 0 Å². The Morgan fingerprint density at radius 3 is 2.48 bits per heavy atom. The number of rotatable bonds is 9. The van der Waals surface area contributed by atoms with Crippen LogP contribution < -0.4 is 10.7 Å². The molecule has 6 bridgehead atoms. The van der Waals surface area contributed by atoms with E-state index in [-0.39, 0.29) is 99.2 Å². The van der Waals surface area contributed by atoms with Crippen molar-refractivity contribution >= 4 is 54.1 Å². The van der Waals surface area contributed by atoms with Gasteiger partial charge in [-0.25, -0.2) is 19.0 Å². The zero-order valence-corrected chi connectivity index (χ0v) is 44.2. The summed E-state index contributed by atoms with van der Waals surface area (Å²) in [6, 6.07) is 5.69. The van der Waals surface area contributed by atoms with Crippen LogP contribution >= 0.6 is 13.5 Å². The average molecular weight is 1070 g/mol. The number of urea groups is 1. The smallest absolute Gasteiger partial charge is 0.406 e. The number of carbonyl (C=O) groups excluding carboxylic acids is 5. The van der Waals surface area contributed by atoms with E-state index in [1.165, 1.54) is 50.7 Å². The molecular weight excluding hydrogens is 1000 g/mol. The summed E-state index contributed by atoms with van der Waals surface area (Å²) in [5.74, 6) is -3.15. The highest BCUT2D eigenvalue weighted by Crippen LogP contribution is 2.43. The predicted octanol–water partition coefficient (Wildman–Crippen LogP) is 7.32. The number of aromatic nitrogens is 3. The Labute approximate surface area is 439 Å². The summed E-state index contributed by atoms with van der Waals surface area (Å²) in [7, 11) is 1.46. The van der Waals surface area contributed by atoms with Crippen LogP contribution in [0.2, 0.25) is 0 Å². The maximum atomic E-state index is 15.0. The molecule has 16 nitrogen and oxygen atoms in total. The number of halogens is 5. The van der Waals surface area contributed by atoms with Crippen molar-refractivity contribution in [3.8, 4) is 22.5 Å². The summed E-state index contributed by atoms with van der Waals surface area (Å²) in [5, 5.41) is 4.40.